The third kappa shape index (κ3) is 2.74. The van der Waals surface area contributed by atoms with Crippen LogP contribution in [0, 0.1) is 0 Å². The summed E-state index contributed by atoms with van der Waals surface area (Å²) in [6.07, 6.45) is -4.03. The summed E-state index contributed by atoms with van der Waals surface area (Å²) in [5.74, 6) is -1.41. The van der Waals surface area contributed by atoms with E-state index in [1.165, 1.54) is 18.2 Å². The Labute approximate surface area is 117 Å². The Morgan fingerprint density at radius 1 is 1.20 bits per heavy atom. The van der Waals surface area contributed by atoms with Gasteiger partial charge in [0.25, 0.3) is 0 Å². The number of carbonyl (C=O) groups excluding carboxylic acids is 1. The molecule has 0 aliphatic rings. The highest BCUT2D eigenvalue weighted by atomic mass is 32.1. The predicted molar refractivity (Wildman–Crippen MR) is 68.6 cm³/mol. The molecule has 8 heteroatoms. The Hall–Kier alpha value is -2.09. The summed E-state index contributed by atoms with van der Waals surface area (Å²) in [7, 11) is 0. The lowest BCUT2D eigenvalue weighted by atomic mass is 10.0. The number of nitrogen functional groups attached to an aromatic ring is 1. The van der Waals surface area contributed by atoms with Crippen LogP contribution in [0.2, 0.25) is 0 Å². The van der Waals surface area contributed by atoms with Gasteiger partial charge in [0.2, 0.25) is 5.95 Å². The number of anilines is 1. The first kappa shape index (κ1) is 14.3. The standard InChI is InChI=1S/C12H8F3N3OS/c13-12(14,15)10-7(5-17-11(16)18-10)9(19)6-3-1-2-4-8(6)20/h1-5,20H,(H2,16,17,18). The number of rotatable bonds is 2. The molecule has 0 fully saturated rings. The van der Waals surface area contributed by atoms with E-state index >= 15 is 0 Å². The largest absolute Gasteiger partial charge is 0.434 e. The van der Waals surface area contributed by atoms with Crippen molar-refractivity contribution in [2.75, 3.05) is 5.73 Å². The second-order valence-electron chi connectivity index (χ2n) is 3.83. The quantitative estimate of drug-likeness (QED) is 0.660. The van der Waals surface area contributed by atoms with Crippen molar-refractivity contribution in [3.8, 4) is 0 Å². The molecule has 4 nitrogen and oxygen atoms in total. The molecule has 0 atom stereocenters. The van der Waals surface area contributed by atoms with E-state index in [9.17, 15) is 18.0 Å². The molecule has 0 aliphatic heterocycles. The van der Waals surface area contributed by atoms with Crippen molar-refractivity contribution >= 4 is 24.4 Å². The van der Waals surface area contributed by atoms with Gasteiger partial charge in [0.15, 0.2) is 11.5 Å². The number of hydrogen-bond acceptors (Lipinski definition) is 5. The summed E-state index contributed by atoms with van der Waals surface area (Å²) in [5, 5.41) is 0. The van der Waals surface area contributed by atoms with Gasteiger partial charge >= 0.3 is 6.18 Å². The number of alkyl halides is 3. The van der Waals surface area contributed by atoms with Crippen molar-refractivity contribution in [3.63, 3.8) is 0 Å². The molecular weight excluding hydrogens is 291 g/mol. The minimum atomic E-state index is -4.80. The lowest BCUT2D eigenvalue weighted by molar-refractivity contribution is -0.141. The molecular formula is C12H8F3N3OS. The van der Waals surface area contributed by atoms with Crippen molar-refractivity contribution in [1.29, 1.82) is 0 Å². The van der Waals surface area contributed by atoms with Gasteiger partial charge in [0.1, 0.15) is 0 Å². The topological polar surface area (TPSA) is 68.9 Å². The van der Waals surface area contributed by atoms with Gasteiger partial charge in [-0.1, -0.05) is 12.1 Å². The minimum Gasteiger partial charge on any atom is -0.368 e. The molecule has 0 amide bonds. The van der Waals surface area contributed by atoms with Gasteiger partial charge in [-0.25, -0.2) is 9.97 Å². The van der Waals surface area contributed by atoms with E-state index in [0.29, 0.717) is 0 Å². The van der Waals surface area contributed by atoms with Gasteiger partial charge in [-0.3, -0.25) is 4.79 Å². The molecule has 1 aromatic carbocycles. The maximum absolute atomic E-state index is 12.9. The minimum absolute atomic E-state index is 0.0368. The summed E-state index contributed by atoms with van der Waals surface area (Å²) in [5.41, 5.74) is 3.17. The summed E-state index contributed by atoms with van der Waals surface area (Å²) in [4.78, 5) is 19.0. The molecule has 0 saturated heterocycles. The molecule has 0 aliphatic carbocycles. The van der Waals surface area contributed by atoms with Crippen molar-refractivity contribution in [1.82, 2.24) is 9.97 Å². The highest BCUT2D eigenvalue weighted by Gasteiger charge is 2.38. The smallest absolute Gasteiger partial charge is 0.368 e. The molecule has 1 aromatic heterocycles. The molecule has 2 N–H and O–H groups in total. The zero-order chi connectivity index (χ0) is 14.9. The van der Waals surface area contributed by atoms with E-state index in [4.69, 9.17) is 5.73 Å². The van der Waals surface area contributed by atoms with Crippen molar-refractivity contribution in [2.24, 2.45) is 0 Å². The maximum atomic E-state index is 12.9. The molecule has 0 unspecified atom stereocenters. The van der Waals surface area contributed by atoms with Crippen LogP contribution in [0.4, 0.5) is 19.1 Å². The number of carbonyl (C=O) groups is 1. The molecule has 0 saturated carbocycles. The Balaban J connectivity index is 2.59. The third-order valence-electron chi connectivity index (χ3n) is 2.47. The van der Waals surface area contributed by atoms with E-state index < -0.39 is 29.2 Å². The Bertz CT molecular complexity index is 673. The van der Waals surface area contributed by atoms with Crippen LogP contribution in [0.1, 0.15) is 21.6 Å². The van der Waals surface area contributed by atoms with E-state index in [0.717, 1.165) is 6.20 Å². The van der Waals surface area contributed by atoms with Crippen LogP contribution >= 0.6 is 12.6 Å². The Morgan fingerprint density at radius 2 is 1.85 bits per heavy atom. The highest BCUT2D eigenvalue weighted by molar-refractivity contribution is 7.80. The monoisotopic (exact) mass is 299 g/mol. The fourth-order valence-corrected chi connectivity index (χ4v) is 1.85. The Kier molecular flexibility index (Phi) is 3.67. The molecule has 104 valence electrons. The van der Waals surface area contributed by atoms with Crippen molar-refractivity contribution in [2.45, 2.75) is 11.1 Å². The van der Waals surface area contributed by atoms with Crippen LogP contribution in [-0.2, 0) is 6.18 Å². The number of hydrogen-bond donors (Lipinski definition) is 2. The molecule has 0 bridgehead atoms. The summed E-state index contributed by atoms with van der Waals surface area (Å²) in [6.45, 7) is 0. The number of nitrogens with zero attached hydrogens (tertiary/aromatic N) is 2. The lowest BCUT2D eigenvalue weighted by Crippen LogP contribution is -2.18. The number of nitrogens with two attached hydrogens (primary N) is 1. The zero-order valence-electron chi connectivity index (χ0n) is 9.85. The molecule has 20 heavy (non-hydrogen) atoms. The molecule has 2 aromatic rings. The average Bonchev–Trinajstić information content (AvgIpc) is 2.37. The van der Waals surface area contributed by atoms with Crippen LogP contribution in [0.5, 0.6) is 0 Å². The fraction of sp³-hybridized carbons (Fsp3) is 0.0833. The molecule has 0 spiro atoms. The van der Waals surface area contributed by atoms with Gasteiger partial charge < -0.3 is 5.73 Å². The summed E-state index contributed by atoms with van der Waals surface area (Å²) >= 11 is 4.05. The van der Waals surface area contributed by atoms with Crippen LogP contribution in [-0.4, -0.2) is 15.8 Å². The van der Waals surface area contributed by atoms with Gasteiger partial charge in [-0.05, 0) is 12.1 Å². The van der Waals surface area contributed by atoms with E-state index in [1.54, 1.807) is 6.07 Å². The van der Waals surface area contributed by atoms with Gasteiger partial charge in [0.05, 0.1) is 5.56 Å². The number of halogens is 3. The summed E-state index contributed by atoms with van der Waals surface area (Å²) < 4.78 is 38.7. The second kappa shape index (κ2) is 5.12. The molecule has 0 radical (unpaired) electrons. The van der Waals surface area contributed by atoms with Crippen LogP contribution < -0.4 is 5.73 Å². The van der Waals surface area contributed by atoms with Crippen LogP contribution in [0.25, 0.3) is 0 Å². The number of thiol groups is 1. The average molecular weight is 299 g/mol. The third-order valence-corrected chi connectivity index (χ3v) is 2.86. The van der Waals surface area contributed by atoms with E-state index in [-0.39, 0.29) is 10.5 Å². The van der Waals surface area contributed by atoms with E-state index in [2.05, 4.69) is 22.6 Å². The fourth-order valence-electron chi connectivity index (χ4n) is 1.59. The lowest BCUT2D eigenvalue weighted by Gasteiger charge is -2.11. The number of benzene rings is 1. The molecule has 1 heterocycles. The predicted octanol–water partition coefficient (Wildman–Crippen LogP) is 2.60. The zero-order valence-corrected chi connectivity index (χ0v) is 10.7. The SMILES string of the molecule is Nc1ncc(C(=O)c2ccccc2S)c(C(F)(F)F)n1. The van der Waals surface area contributed by atoms with Gasteiger partial charge in [0, 0.05) is 16.7 Å². The Morgan fingerprint density at radius 3 is 2.45 bits per heavy atom. The number of ketones is 1. The summed E-state index contributed by atoms with van der Waals surface area (Å²) in [6, 6.07) is 6.02. The van der Waals surface area contributed by atoms with Crippen LogP contribution in [0.3, 0.4) is 0 Å². The van der Waals surface area contributed by atoms with E-state index in [1.807, 2.05) is 0 Å². The molecule has 2 rings (SSSR count). The maximum Gasteiger partial charge on any atom is 0.434 e. The number of aromatic nitrogens is 2. The normalized spacial score (nSPS) is 11.4. The second-order valence-corrected chi connectivity index (χ2v) is 4.32. The first-order valence-electron chi connectivity index (χ1n) is 5.33. The first-order valence-corrected chi connectivity index (χ1v) is 5.78. The van der Waals surface area contributed by atoms with Crippen molar-refractivity contribution in [3.05, 3.63) is 47.3 Å². The van der Waals surface area contributed by atoms with Crippen molar-refractivity contribution < 1.29 is 18.0 Å². The van der Waals surface area contributed by atoms with Gasteiger partial charge in [-0.2, -0.15) is 13.2 Å². The first-order chi connectivity index (χ1) is 9.30. The van der Waals surface area contributed by atoms with Crippen LogP contribution in [0.15, 0.2) is 35.4 Å². The van der Waals surface area contributed by atoms with Gasteiger partial charge in [-0.15, -0.1) is 12.6 Å². The highest BCUT2D eigenvalue weighted by Crippen LogP contribution is 2.32.